The highest BCUT2D eigenvalue weighted by Crippen LogP contribution is 2.55. The zero-order chi connectivity index (χ0) is 42.3. The van der Waals surface area contributed by atoms with Crippen LogP contribution in [0.2, 0.25) is 0 Å². The number of para-hydroxylation sites is 4. The van der Waals surface area contributed by atoms with Crippen LogP contribution in [0.1, 0.15) is 94.1 Å². The highest BCUT2D eigenvalue weighted by atomic mass is 19.1. The lowest BCUT2D eigenvalue weighted by Crippen LogP contribution is -2.37. The van der Waals surface area contributed by atoms with Gasteiger partial charge >= 0.3 is 0 Å². The minimum atomic E-state index is -0.248. The molecule has 63 heavy (non-hydrogen) atoms. The number of H-pyrrole nitrogens is 1. The number of allylic oxidation sites excluding steroid dienone is 2. The van der Waals surface area contributed by atoms with Crippen LogP contribution >= 0.6 is 0 Å². The summed E-state index contributed by atoms with van der Waals surface area (Å²) in [6.07, 6.45) is 17.8. The summed E-state index contributed by atoms with van der Waals surface area (Å²) < 4.78 is 30.3. The average molecular weight is 844 g/mol. The number of carbonyl (C=O) groups excluding carboxylic acids is 1. The first-order valence-electron chi connectivity index (χ1n) is 21.1. The highest BCUT2D eigenvalue weighted by Gasteiger charge is 2.46. The molecule has 4 atom stereocenters. The summed E-state index contributed by atoms with van der Waals surface area (Å²) in [6, 6.07) is 28.4. The number of fused-ring (bicyclic) bond motifs is 5. The first-order chi connectivity index (χ1) is 29.5. The summed E-state index contributed by atoms with van der Waals surface area (Å²) >= 11 is 0. The number of aromatic nitrogens is 6. The van der Waals surface area contributed by atoms with Crippen molar-refractivity contribution in [2.75, 3.05) is 11.5 Å². The lowest BCUT2D eigenvalue weighted by Gasteiger charge is -2.45. The maximum absolute atomic E-state index is 13.4. The van der Waals surface area contributed by atoms with Gasteiger partial charge in [-0.15, -0.1) is 0 Å². The van der Waals surface area contributed by atoms with Gasteiger partial charge in [0.25, 0.3) is 0 Å². The van der Waals surface area contributed by atoms with Gasteiger partial charge in [-0.25, -0.2) is 23.1 Å². The average Bonchev–Trinajstić information content (AvgIpc) is 4.00. The predicted octanol–water partition coefficient (Wildman–Crippen LogP) is 10.9. The van der Waals surface area contributed by atoms with Gasteiger partial charge in [-0.05, 0) is 147 Å². The Kier molecular flexibility index (Phi) is 12.7. The lowest BCUT2D eigenvalue weighted by atomic mass is 9.59. The van der Waals surface area contributed by atoms with E-state index in [0.717, 1.165) is 103 Å². The monoisotopic (exact) mass is 843 g/mol. The number of nitrogens with one attached hydrogen (secondary N) is 1. The van der Waals surface area contributed by atoms with Crippen LogP contribution in [0.3, 0.4) is 0 Å². The Labute approximate surface area is 369 Å². The van der Waals surface area contributed by atoms with E-state index in [1.807, 2.05) is 40.0 Å². The van der Waals surface area contributed by atoms with Crippen molar-refractivity contribution in [3.05, 3.63) is 161 Å². The topological polar surface area (TPSA) is 133 Å². The number of nitrogens with two attached hydrogens (primary N) is 2. The van der Waals surface area contributed by atoms with Gasteiger partial charge < -0.3 is 21.2 Å². The third kappa shape index (κ3) is 8.38. The van der Waals surface area contributed by atoms with Crippen molar-refractivity contribution in [3.8, 4) is 11.4 Å². The Hall–Kier alpha value is -6.56. The van der Waals surface area contributed by atoms with Crippen LogP contribution in [-0.4, -0.2) is 44.2 Å². The number of aromatic amines is 1. The summed E-state index contributed by atoms with van der Waals surface area (Å²) in [5.41, 5.74) is 23.3. The quantitative estimate of drug-likeness (QED) is 0.0918. The molecule has 0 spiro atoms. The Morgan fingerprint density at radius 3 is 1.71 bits per heavy atom. The molecular formula is C51H54BF2N8O. The van der Waals surface area contributed by atoms with E-state index in [2.05, 4.69) is 59.4 Å². The molecule has 12 heteroatoms. The number of hydrogen-bond donors (Lipinski definition) is 3. The van der Waals surface area contributed by atoms with Crippen LogP contribution in [0.5, 0.6) is 0 Å². The summed E-state index contributed by atoms with van der Waals surface area (Å²) in [7, 11) is 0. The maximum Gasteiger partial charge on any atom is 0.123 e. The van der Waals surface area contributed by atoms with E-state index in [9.17, 15) is 13.6 Å². The second-order valence-electron chi connectivity index (χ2n) is 17.3. The molecule has 0 amide bonds. The van der Waals surface area contributed by atoms with Gasteiger partial charge in [-0.2, -0.15) is 10.2 Å². The van der Waals surface area contributed by atoms with Gasteiger partial charge in [-0.1, -0.05) is 56.7 Å². The van der Waals surface area contributed by atoms with Gasteiger partial charge in [0.05, 0.1) is 57.6 Å². The molecule has 0 aliphatic heterocycles. The molecule has 321 valence electrons. The van der Waals surface area contributed by atoms with Gasteiger partial charge in [0.15, 0.2) is 0 Å². The Bertz CT molecular complexity index is 2730. The number of nitrogens with zero attached hydrogens (tertiary/aromatic N) is 5. The fourth-order valence-electron chi connectivity index (χ4n) is 10.0. The third-order valence-corrected chi connectivity index (χ3v) is 13.5. The number of aldehydes is 1. The molecule has 0 saturated heterocycles. The van der Waals surface area contributed by atoms with Gasteiger partial charge in [-0.3, -0.25) is 0 Å². The van der Waals surface area contributed by atoms with Gasteiger partial charge in [0.2, 0.25) is 0 Å². The molecule has 4 aromatic carbocycles. The van der Waals surface area contributed by atoms with E-state index in [1.54, 1.807) is 36.4 Å². The molecule has 2 fully saturated rings. The van der Waals surface area contributed by atoms with E-state index in [1.165, 1.54) is 41.0 Å². The molecule has 3 heterocycles. The zero-order valence-corrected chi connectivity index (χ0v) is 35.1. The second-order valence-corrected chi connectivity index (χ2v) is 17.3. The SMILES string of the molecule is C.C[C@]12Cc3cnn(-c4ccc(F)cc4)c3C=C1CCC[C@@H]2C=O.C[C@]12Cc3cnn(-c4ccc(F)cc4)c3C=C1CCC[C@@H]2c1nc2ccccc2[nH]1.Nc1ccccc1N.[B]. The van der Waals surface area contributed by atoms with E-state index in [0.29, 0.717) is 17.3 Å². The number of benzene rings is 4. The molecule has 9 nitrogen and oxygen atoms in total. The summed E-state index contributed by atoms with van der Waals surface area (Å²) in [5.74, 6) is 1.06. The van der Waals surface area contributed by atoms with E-state index < -0.39 is 0 Å². The van der Waals surface area contributed by atoms with Crippen LogP contribution < -0.4 is 11.5 Å². The fraction of sp³-hybridized carbons (Fsp3) is 0.294. The van der Waals surface area contributed by atoms with E-state index in [4.69, 9.17) is 16.5 Å². The van der Waals surface area contributed by atoms with Crippen molar-refractivity contribution in [2.45, 2.75) is 78.6 Å². The summed E-state index contributed by atoms with van der Waals surface area (Å²) in [6.45, 7) is 4.59. The molecule has 7 aromatic rings. The van der Waals surface area contributed by atoms with Crippen LogP contribution in [-0.2, 0) is 17.6 Å². The first kappa shape index (κ1) is 44.5. The predicted molar refractivity (Wildman–Crippen MR) is 250 cm³/mol. The van der Waals surface area contributed by atoms with E-state index in [-0.39, 0.29) is 44.2 Å². The Balaban J connectivity index is 0.000000160. The number of rotatable bonds is 4. The van der Waals surface area contributed by atoms with Gasteiger partial charge in [0, 0.05) is 31.1 Å². The molecule has 5 N–H and O–H groups in total. The lowest BCUT2D eigenvalue weighted by molar-refractivity contribution is -0.114. The van der Waals surface area contributed by atoms with Crippen molar-refractivity contribution in [3.63, 3.8) is 0 Å². The van der Waals surface area contributed by atoms with Gasteiger partial charge in [0.1, 0.15) is 23.7 Å². The molecule has 2 saturated carbocycles. The number of anilines is 2. The summed E-state index contributed by atoms with van der Waals surface area (Å²) in [5, 5.41) is 9.14. The molecule has 4 aliphatic carbocycles. The molecule has 11 rings (SSSR count). The molecule has 0 unspecified atom stereocenters. The molecule has 3 radical (unpaired) electrons. The Morgan fingerprint density at radius 1 is 0.698 bits per heavy atom. The van der Waals surface area contributed by atoms with Crippen molar-refractivity contribution in [1.29, 1.82) is 0 Å². The van der Waals surface area contributed by atoms with E-state index >= 15 is 0 Å². The maximum atomic E-state index is 13.4. The van der Waals surface area contributed by atoms with Crippen LogP contribution in [0.4, 0.5) is 20.2 Å². The molecular weight excluding hydrogens is 789 g/mol. The minimum Gasteiger partial charge on any atom is -0.397 e. The smallest absolute Gasteiger partial charge is 0.123 e. The van der Waals surface area contributed by atoms with Crippen LogP contribution in [0.25, 0.3) is 34.6 Å². The second kappa shape index (κ2) is 18.0. The minimum absolute atomic E-state index is 0. The number of halogens is 2. The highest BCUT2D eigenvalue weighted by molar-refractivity contribution is 5.76. The normalized spacial score (nSPS) is 21.7. The van der Waals surface area contributed by atoms with Crippen LogP contribution in [0.15, 0.2) is 121 Å². The number of carbonyl (C=O) groups is 1. The molecule has 0 bridgehead atoms. The molecule has 4 aliphatic rings. The van der Waals surface area contributed by atoms with Crippen molar-refractivity contribution in [1.82, 2.24) is 29.5 Å². The summed E-state index contributed by atoms with van der Waals surface area (Å²) in [4.78, 5) is 20.0. The largest absolute Gasteiger partial charge is 0.397 e. The van der Waals surface area contributed by atoms with Crippen LogP contribution in [0, 0.1) is 28.4 Å². The van der Waals surface area contributed by atoms with Crippen molar-refractivity contribution in [2.24, 2.45) is 16.7 Å². The standard InChI is InChI=1S/C25H23FN4.C19H19FN2O.C6H8N2.CH4.B/c1-25-14-16-15-27-30(19-11-9-18(26)10-12-19)23(16)13-17(25)5-4-6-20(25)24-28-21-7-2-3-8-22(21)29-24;1-19-10-13-11-21-22(17-7-5-16(20)6-8-17)18(13)9-14(19)3-2-4-15(19)12-23;7-5-3-1-2-4-6(5)8;;/h2-3,7-13,15,20H,4-6,14H2,1H3,(H,28,29);5-9,11-12,15H,2-4,10H2,1H3;1-4H,7-8H2;1H4;/t20-,25+;15-,19+;;;/m11.../s1. The number of imidazole rings is 1. The first-order valence-corrected chi connectivity index (χ1v) is 21.1. The third-order valence-electron chi connectivity index (χ3n) is 13.5. The molecule has 3 aromatic heterocycles. The van der Waals surface area contributed by atoms with Crippen molar-refractivity contribution < 1.29 is 13.6 Å². The van der Waals surface area contributed by atoms with Crippen molar-refractivity contribution >= 4 is 49.3 Å². The fourth-order valence-corrected chi connectivity index (χ4v) is 10.0. The number of nitrogen functional groups attached to an aromatic ring is 2. The Morgan fingerprint density at radius 2 is 1.19 bits per heavy atom. The number of hydrogen-bond acceptors (Lipinski definition) is 6. The zero-order valence-electron chi connectivity index (χ0n) is 35.1.